The van der Waals surface area contributed by atoms with Crippen LogP contribution in [0.4, 0.5) is 5.69 Å². The zero-order valence-corrected chi connectivity index (χ0v) is 12.1. The van der Waals surface area contributed by atoms with E-state index in [2.05, 4.69) is 35.8 Å². The summed E-state index contributed by atoms with van der Waals surface area (Å²) in [6, 6.07) is 8.20. The van der Waals surface area contributed by atoms with Crippen LogP contribution in [0.5, 0.6) is 5.75 Å². The molecule has 4 heteroatoms. The van der Waals surface area contributed by atoms with Crippen molar-refractivity contribution in [3.8, 4) is 5.75 Å². The maximum absolute atomic E-state index is 9.42. The lowest BCUT2D eigenvalue weighted by atomic mass is 10.0. The smallest absolute Gasteiger partial charge is 0.119 e. The molecule has 1 heterocycles. The predicted octanol–water partition coefficient (Wildman–Crippen LogP) is 1.59. The van der Waals surface area contributed by atoms with Crippen molar-refractivity contribution in [1.29, 1.82) is 0 Å². The number of hydrogen-bond acceptors (Lipinski definition) is 4. The number of methoxy groups -OCH3 is 1. The van der Waals surface area contributed by atoms with Crippen LogP contribution in [0, 0.1) is 0 Å². The topological polar surface area (TPSA) is 35.9 Å². The summed E-state index contributed by atoms with van der Waals surface area (Å²) in [4.78, 5) is 4.73. The molecule has 0 bridgehead atoms. The molecule has 0 amide bonds. The molecule has 4 nitrogen and oxygen atoms in total. The number of benzene rings is 1. The summed E-state index contributed by atoms with van der Waals surface area (Å²) in [6.07, 6.45) is 0. The van der Waals surface area contributed by atoms with Crippen molar-refractivity contribution in [2.45, 2.75) is 19.4 Å². The Morgan fingerprint density at radius 3 is 2.16 bits per heavy atom. The van der Waals surface area contributed by atoms with E-state index in [-0.39, 0.29) is 12.1 Å². The lowest BCUT2D eigenvalue weighted by Gasteiger charge is -2.43. The van der Waals surface area contributed by atoms with Crippen LogP contribution in [-0.2, 0) is 0 Å². The molecule has 1 fully saturated rings. The maximum atomic E-state index is 9.42. The minimum Gasteiger partial charge on any atom is -0.497 e. The van der Waals surface area contributed by atoms with Gasteiger partial charge < -0.3 is 14.7 Å². The van der Waals surface area contributed by atoms with Gasteiger partial charge in [-0.2, -0.15) is 0 Å². The van der Waals surface area contributed by atoms with Crippen molar-refractivity contribution >= 4 is 5.69 Å². The number of rotatable bonds is 4. The van der Waals surface area contributed by atoms with E-state index in [1.54, 1.807) is 7.11 Å². The highest BCUT2D eigenvalue weighted by Gasteiger charge is 2.29. The Kier molecular flexibility index (Phi) is 4.32. The molecule has 0 atom stereocenters. The van der Waals surface area contributed by atoms with E-state index in [1.807, 2.05) is 12.1 Å². The maximum Gasteiger partial charge on any atom is 0.119 e. The first-order chi connectivity index (χ1) is 9.06. The third-order valence-electron chi connectivity index (χ3n) is 3.96. The zero-order chi connectivity index (χ0) is 13.9. The summed E-state index contributed by atoms with van der Waals surface area (Å²) >= 11 is 0. The van der Waals surface area contributed by atoms with Crippen molar-refractivity contribution < 1.29 is 9.84 Å². The van der Waals surface area contributed by atoms with Gasteiger partial charge in [-0.1, -0.05) is 0 Å². The van der Waals surface area contributed by atoms with Gasteiger partial charge in [0.15, 0.2) is 0 Å². The number of hydrogen-bond donors (Lipinski definition) is 1. The lowest BCUT2D eigenvalue weighted by Crippen LogP contribution is -2.56. The highest BCUT2D eigenvalue weighted by Crippen LogP contribution is 2.22. The van der Waals surface area contributed by atoms with Gasteiger partial charge in [0.25, 0.3) is 0 Å². The van der Waals surface area contributed by atoms with E-state index < -0.39 is 0 Å². The molecule has 106 valence electrons. The highest BCUT2D eigenvalue weighted by atomic mass is 16.5. The molecule has 19 heavy (non-hydrogen) atoms. The fraction of sp³-hybridized carbons (Fsp3) is 0.600. The normalized spacial score (nSPS) is 17.6. The average Bonchev–Trinajstić information content (AvgIpc) is 2.47. The third kappa shape index (κ3) is 3.19. The highest BCUT2D eigenvalue weighted by molar-refractivity contribution is 5.49. The number of piperazine rings is 1. The van der Waals surface area contributed by atoms with Crippen molar-refractivity contribution in [3.63, 3.8) is 0 Å². The minimum absolute atomic E-state index is 0.119. The first-order valence-corrected chi connectivity index (χ1v) is 6.82. The molecular formula is C15H24N2O2. The quantitative estimate of drug-likeness (QED) is 0.896. The fourth-order valence-corrected chi connectivity index (χ4v) is 2.46. The Labute approximate surface area is 115 Å². The predicted molar refractivity (Wildman–Crippen MR) is 77.9 cm³/mol. The van der Waals surface area contributed by atoms with Crippen LogP contribution >= 0.6 is 0 Å². The van der Waals surface area contributed by atoms with Crippen molar-refractivity contribution in [2.24, 2.45) is 0 Å². The molecule has 0 radical (unpaired) electrons. The van der Waals surface area contributed by atoms with E-state index in [9.17, 15) is 5.11 Å². The van der Waals surface area contributed by atoms with Crippen molar-refractivity contribution in [2.75, 3.05) is 44.8 Å². The number of nitrogens with zero attached hydrogens (tertiary/aromatic N) is 2. The standard InChI is InChI=1S/C15H24N2O2/c1-15(2,12-18)17-10-8-16(9-11-17)13-4-6-14(19-3)7-5-13/h4-7,18H,8-12H2,1-3H3. The molecule has 0 aliphatic carbocycles. The van der Waals surface area contributed by atoms with Crippen LogP contribution in [0.25, 0.3) is 0 Å². The molecule has 1 aliphatic heterocycles. The molecule has 0 aromatic heterocycles. The molecule has 1 N–H and O–H groups in total. The van der Waals surface area contributed by atoms with Crippen molar-refractivity contribution in [3.05, 3.63) is 24.3 Å². The van der Waals surface area contributed by atoms with Crippen LogP contribution in [-0.4, -0.2) is 55.4 Å². The van der Waals surface area contributed by atoms with Gasteiger partial charge in [0.1, 0.15) is 5.75 Å². The second kappa shape index (κ2) is 5.80. The van der Waals surface area contributed by atoms with E-state index in [4.69, 9.17) is 4.74 Å². The van der Waals surface area contributed by atoms with E-state index in [1.165, 1.54) is 5.69 Å². The summed E-state index contributed by atoms with van der Waals surface area (Å²) in [6.45, 7) is 8.35. The first-order valence-electron chi connectivity index (χ1n) is 6.82. The van der Waals surface area contributed by atoms with Crippen LogP contribution in [0.1, 0.15) is 13.8 Å². The number of anilines is 1. The average molecular weight is 264 g/mol. The van der Waals surface area contributed by atoms with Gasteiger partial charge >= 0.3 is 0 Å². The lowest BCUT2D eigenvalue weighted by molar-refractivity contribution is 0.0527. The van der Waals surface area contributed by atoms with Gasteiger partial charge in [0, 0.05) is 37.4 Å². The summed E-state index contributed by atoms with van der Waals surface area (Å²) in [5, 5.41) is 9.42. The zero-order valence-electron chi connectivity index (χ0n) is 12.1. The number of ether oxygens (including phenoxy) is 1. The summed E-state index contributed by atoms with van der Waals surface area (Å²) in [5.74, 6) is 0.892. The van der Waals surface area contributed by atoms with Gasteiger partial charge in [-0.05, 0) is 38.1 Å². The molecular weight excluding hydrogens is 240 g/mol. The molecule has 1 aromatic carbocycles. The summed E-state index contributed by atoms with van der Waals surface area (Å²) in [7, 11) is 1.69. The Bertz CT molecular complexity index is 395. The van der Waals surface area contributed by atoms with Crippen LogP contribution in [0.15, 0.2) is 24.3 Å². The van der Waals surface area contributed by atoms with E-state index in [0.717, 1.165) is 31.9 Å². The summed E-state index contributed by atoms with van der Waals surface area (Å²) < 4.78 is 5.18. The van der Waals surface area contributed by atoms with Crippen LogP contribution in [0.3, 0.4) is 0 Å². The van der Waals surface area contributed by atoms with Gasteiger partial charge in [0.2, 0.25) is 0 Å². The Balaban J connectivity index is 1.95. The fourth-order valence-electron chi connectivity index (χ4n) is 2.46. The van der Waals surface area contributed by atoms with Crippen LogP contribution < -0.4 is 9.64 Å². The second-order valence-corrected chi connectivity index (χ2v) is 5.64. The molecule has 1 aliphatic rings. The van der Waals surface area contributed by atoms with E-state index in [0.29, 0.717) is 0 Å². The third-order valence-corrected chi connectivity index (χ3v) is 3.96. The molecule has 1 saturated heterocycles. The van der Waals surface area contributed by atoms with Gasteiger partial charge in [-0.25, -0.2) is 0 Å². The Morgan fingerprint density at radius 1 is 1.11 bits per heavy atom. The molecule has 1 aromatic rings. The minimum atomic E-state index is -0.119. The van der Waals surface area contributed by atoms with E-state index >= 15 is 0 Å². The molecule has 0 saturated carbocycles. The molecule has 0 unspecified atom stereocenters. The van der Waals surface area contributed by atoms with Gasteiger partial charge in [-0.15, -0.1) is 0 Å². The summed E-state index contributed by atoms with van der Waals surface area (Å²) in [5.41, 5.74) is 1.12. The number of aliphatic hydroxyl groups is 1. The molecule has 2 rings (SSSR count). The monoisotopic (exact) mass is 264 g/mol. The van der Waals surface area contributed by atoms with Gasteiger partial charge in [-0.3, -0.25) is 4.90 Å². The largest absolute Gasteiger partial charge is 0.497 e. The Morgan fingerprint density at radius 2 is 1.68 bits per heavy atom. The first kappa shape index (κ1) is 14.2. The molecule has 0 spiro atoms. The number of aliphatic hydroxyl groups excluding tert-OH is 1. The Hall–Kier alpha value is -1.26. The SMILES string of the molecule is COc1ccc(N2CCN(C(C)(C)CO)CC2)cc1. The van der Waals surface area contributed by atoms with Crippen molar-refractivity contribution in [1.82, 2.24) is 4.90 Å². The van der Waals surface area contributed by atoms with Crippen LogP contribution in [0.2, 0.25) is 0 Å². The second-order valence-electron chi connectivity index (χ2n) is 5.64. The van der Waals surface area contributed by atoms with Gasteiger partial charge in [0.05, 0.1) is 13.7 Å².